The van der Waals surface area contributed by atoms with Crippen LogP contribution in [0, 0.1) is 5.82 Å². The molecule has 7 heteroatoms. The molecule has 0 atom stereocenters. The van der Waals surface area contributed by atoms with E-state index < -0.39 is 35.4 Å². The number of aromatic nitrogens is 1. The Balaban J connectivity index is 2.36. The normalized spacial score (nSPS) is 11.4. The predicted octanol–water partition coefficient (Wildman–Crippen LogP) is 2.89. The monoisotopic (exact) mass is 299 g/mol. The SMILES string of the molecule is O=C(Cn1cccc(C(F)(F)F)c1=O)c1ccccc1F. The molecule has 3 nitrogen and oxygen atoms in total. The highest BCUT2D eigenvalue weighted by Gasteiger charge is 2.34. The first-order valence-electron chi connectivity index (χ1n) is 5.85. The first kappa shape index (κ1) is 15.0. The van der Waals surface area contributed by atoms with Gasteiger partial charge in [-0.3, -0.25) is 9.59 Å². The molecule has 0 fully saturated rings. The topological polar surface area (TPSA) is 39.1 Å². The number of hydrogen-bond acceptors (Lipinski definition) is 2. The average Bonchev–Trinajstić information content (AvgIpc) is 2.40. The largest absolute Gasteiger partial charge is 0.421 e. The molecule has 0 saturated heterocycles. The second-order valence-corrected chi connectivity index (χ2v) is 4.26. The Morgan fingerprint density at radius 2 is 1.76 bits per heavy atom. The highest BCUT2D eigenvalue weighted by molar-refractivity contribution is 5.96. The van der Waals surface area contributed by atoms with Gasteiger partial charge in [0.05, 0.1) is 12.1 Å². The molecule has 1 aromatic carbocycles. The molecule has 21 heavy (non-hydrogen) atoms. The van der Waals surface area contributed by atoms with Crippen LogP contribution in [0.1, 0.15) is 15.9 Å². The zero-order chi connectivity index (χ0) is 15.6. The molecule has 0 aliphatic heterocycles. The third-order valence-electron chi connectivity index (χ3n) is 2.81. The Morgan fingerprint density at radius 3 is 2.38 bits per heavy atom. The van der Waals surface area contributed by atoms with E-state index in [1.54, 1.807) is 0 Å². The maximum absolute atomic E-state index is 13.4. The van der Waals surface area contributed by atoms with Crippen molar-refractivity contribution in [1.29, 1.82) is 0 Å². The molecule has 0 N–H and O–H groups in total. The number of alkyl halides is 3. The van der Waals surface area contributed by atoms with E-state index in [2.05, 4.69) is 0 Å². The first-order valence-corrected chi connectivity index (χ1v) is 5.85. The molecule has 0 radical (unpaired) electrons. The van der Waals surface area contributed by atoms with E-state index in [0.717, 1.165) is 18.3 Å². The van der Waals surface area contributed by atoms with Crippen molar-refractivity contribution in [2.45, 2.75) is 12.7 Å². The van der Waals surface area contributed by atoms with Crippen LogP contribution in [0.2, 0.25) is 0 Å². The Bertz CT molecular complexity index is 734. The van der Waals surface area contributed by atoms with Crippen molar-refractivity contribution in [1.82, 2.24) is 4.57 Å². The molecule has 2 rings (SSSR count). The van der Waals surface area contributed by atoms with Crippen LogP contribution >= 0.6 is 0 Å². The van der Waals surface area contributed by atoms with Gasteiger partial charge >= 0.3 is 6.18 Å². The van der Waals surface area contributed by atoms with Crippen molar-refractivity contribution < 1.29 is 22.4 Å². The van der Waals surface area contributed by atoms with Gasteiger partial charge in [0.15, 0.2) is 5.78 Å². The fourth-order valence-corrected chi connectivity index (χ4v) is 1.80. The van der Waals surface area contributed by atoms with Crippen LogP contribution in [0.4, 0.5) is 17.6 Å². The van der Waals surface area contributed by atoms with Crippen molar-refractivity contribution in [3.05, 3.63) is 69.9 Å². The lowest BCUT2D eigenvalue weighted by molar-refractivity contribution is -0.138. The van der Waals surface area contributed by atoms with Crippen molar-refractivity contribution >= 4 is 5.78 Å². The fraction of sp³-hybridized carbons (Fsp3) is 0.143. The number of hydrogen-bond donors (Lipinski definition) is 0. The van der Waals surface area contributed by atoms with Gasteiger partial charge in [-0.25, -0.2) is 4.39 Å². The van der Waals surface area contributed by atoms with E-state index in [0.29, 0.717) is 10.6 Å². The Hall–Kier alpha value is -2.44. The number of carbonyl (C=O) groups is 1. The molecule has 110 valence electrons. The van der Waals surface area contributed by atoms with Crippen molar-refractivity contribution in [2.24, 2.45) is 0 Å². The molecule has 1 heterocycles. The quantitative estimate of drug-likeness (QED) is 0.646. The van der Waals surface area contributed by atoms with E-state index in [9.17, 15) is 27.2 Å². The van der Waals surface area contributed by atoms with E-state index >= 15 is 0 Å². The van der Waals surface area contributed by atoms with E-state index in [4.69, 9.17) is 0 Å². The summed E-state index contributed by atoms with van der Waals surface area (Å²) in [5, 5.41) is 0. The summed E-state index contributed by atoms with van der Waals surface area (Å²) in [5.74, 6) is -1.57. The second kappa shape index (κ2) is 5.51. The molecule has 0 aliphatic rings. The lowest BCUT2D eigenvalue weighted by atomic mass is 10.1. The van der Waals surface area contributed by atoms with Crippen molar-refractivity contribution in [3.8, 4) is 0 Å². The van der Waals surface area contributed by atoms with Crippen LogP contribution in [-0.2, 0) is 12.7 Å². The van der Waals surface area contributed by atoms with Crippen LogP contribution in [0.3, 0.4) is 0 Å². The first-order chi connectivity index (χ1) is 9.80. The summed E-state index contributed by atoms with van der Waals surface area (Å²) >= 11 is 0. The number of carbonyl (C=O) groups excluding carboxylic acids is 1. The lowest BCUT2D eigenvalue weighted by Gasteiger charge is -2.10. The summed E-state index contributed by atoms with van der Waals surface area (Å²) in [4.78, 5) is 23.5. The smallest absolute Gasteiger partial charge is 0.307 e. The zero-order valence-electron chi connectivity index (χ0n) is 10.5. The van der Waals surface area contributed by atoms with Gasteiger partial charge in [0, 0.05) is 6.20 Å². The van der Waals surface area contributed by atoms with Crippen molar-refractivity contribution in [3.63, 3.8) is 0 Å². The van der Waals surface area contributed by atoms with E-state index in [-0.39, 0.29) is 5.56 Å². The molecule has 0 amide bonds. The van der Waals surface area contributed by atoms with Gasteiger partial charge in [-0.2, -0.15) is 13.2 Å². The number of benzene rings is 1. The van der Waals surface area contributed by atoms with Crippen LogP contribution in [0.15, 0.2) is 47.4 Å². The summed E-state index contributed by atoms with van der Waals surface area (Å²) in [6, 6.07) is 6.71. The summed E-state index contributed by atoms with van der Waals surface area (Å²) in [6.07, 6.45) is -3.75. The lowest BCUT2D eigenvalue weighted by Crippen LogP contribution is -2.30. The minimum absolute atomic E-state index is 0.276. The van der Waals surface area contributed by atoms with Gasteiger partial charge < -0.3 is 4.57 Å². The number of nitrogens with zero attached hydrogens (tertiary/aromatic N) is 1. The minimum Gasteiger partial charge on any atom is -0.307 e. The molecule has 2 aromatic rings. The standard InChI is InChI=1S/C14H9F4NO2/c15-11-6-2-1-4-9(11)12(20)8-19-7-3-5-10(13(19)21)14(16,17)18/h1-7H,8H2. The molecular weight excluding hydrogens is 290 g/mol. The third kappa shape index (κ3) is 3.18. The van der Waals surface area contributed by atoms with Gasteiger partial charge in [0.2, 0.25) is 0 Å². The summed E-state index contributed by atoms with van der Waals surface area (Å²) < 4.78 is 51.8. The molecule has 0 unspecified atom stereocenters. The Labute approximate surface area is 116 Å². The van der Waals surface area contributed by atoms with Crippen molar-refractivity contribution in [2.75, 3.05) is 0 Å². The van der Waals surface area contributed by atoms with Gasteiger partial charge in [-0.1, -0.05) is 12.1 Å². The Kier molecular flexibility index (Phi) is 3.93. The number of rotatable bonds is 3. The molecule has 0 aliphatic carbocycles. The van der Waals surface area contributed by atoms with Crippen LogP contribution < -0.4 is 5.56 Å². The van der Waals surface area contributed by atoms with Crippen LogP contribution in [-0.4, -0.2) is 10.4 Å². The zero-order valence-corrected chi connectivity index (χ0v) is 10.5. The number of halogens is 4. The number of ketones is 1. The number of pyridine rings is 1. The molecule has 1 aromatic heterocycles. The highest BCUT2D eigenvalue weighted by Crippen LogP contribution is 2.26. The maximum atomic E-state index is 13.4. The van der Waals surface area contributed by atoms with E-state index in [1.165, 1.54) is 18.2 Å². The van der Waals surface area contributed by atoms with Gasteiger partial charge in [0.1, 0.15) is 11.4 Å². The fourth-order valence-electron chi connectivity index (χ4n) is 1.80. The number of Topliss-reactive ketones (excluding diaryl/α,β-unsaturated/α-hetero) is 1. The summed E-state index contributed by atoms with van der Waals surface area (Å²) in [5.41, 5.74) is -2.98. The summed E-state index contributed by atoms with van der Waals surface area (Å²) in [7, 11) is 0. The average molecular weight is 299 g/mol. The summed E-state index contributed by atoms with van der Waals surface area (Å²) in [6.45, 7) is -0.663. The van der Waals surface area contributed by atoms with Gasteiger partial charge in [0.25, 0.3) is 5.56 Å². The van der Waals surface area contributed by atoms with E-state index in [1.807, 2.05) is 0 Å². The molecular formula is C14H9F4NO2. The third-order valence-corrected chi connectivity index (χ3v) is 2.81. The molecule has 0 saturated carbocycles. The second-order valence-electron chi connectivity index (χ2n) is 4.26. The Morgan fingerprint density at radius 1 is 1.10 bits per heavy atom. The van der Waals surface area contributed by atoms with Crippen LogP contribution in [0.5, 0.6) is 0 Å². The highest BCUT2D eigenvalue weighted by atomic mass is 19.4. The minimum atomic E-state index is -4.80. The van der Waals surface area contributed by atoms with Crippen LogP contribution in [0.25, 0.3) is 0 Å². The maximum Gasteiger partial charge on any atom is 0.421 e. The van der Waals surface area contributed by atoms with Gasteiger partial charge in [-0.05, 0) is 24.3 Å². The molecule has 0 spiro atoms. The molecule has 0 bridgehead atoms. The predicted molar refractivity (Wildman–Crippen MR) is 66.4 cm³/mol. The van der Waals surface area contributed by atoms with Gasteiger partial charge in [-0.15, -0.1) is 0 Å².